The van der Waals surface area contributed by atoms with E-state index in [9.17, 15) is 4.79 Å². The Morgan fingerprint density at radius 2 is 1.96 bits per heavy atom. The monoisotopic (exact) mass is 396 g/mol. The van der Waals surface area contributed by atoms with E-state index in [0.717, 1.165) is 23.5 Å². The van der Waals surface area contributed by atoms with E-state index in [-0.39, 0.29) is 5.56 Å². The fourth-order valence-corrected chi connectivity index (χ4v) is 3.93. The molecule has 0 atom stereocenters. The summed E-state index contributed by atoms with van der Waals surface area (Å²) in [5.74, 6) is 2.88. The molecule has 0 fully saturated rings. The number of para-hydroxylation sites is 1. The van der Waals surface area contributed by atoms with Gasteiger partial charge >= 0.3 is 0 Å². The highest BCUT2D eigenvalue weighted by Gasteiger charge is 2.16. The first kappa shape index (κ1) is 18.5. The van der Waals surface area contributed by atoms with Gasteiger partial charge in [-0.2, -0.15) is 0 Å². The number of fused-ring (bicyclic) bond motifs is 1. The molecule has 4 rings (SSSR count). The number of furan rings is 1. The maximum Gasteiger partial charge on any atom is 0.262 e. The fourth-order valence-electron chi connectivity index (χ4n) is 3.07. The molecule has 0 aliphatic rings. The molecule has 3 aromatic heterocycles. The van der Waals surface area contributed by atoms with Gasteiger partial charge in [-0.1, -0.05) is 30.8 Å². The van der Waals surface area contributed by atoms with Crippen LogP contribution in [0.3, 0.4) is 0 Å². The van der Waals surface area contributed by atoms with Crippen molar-refractivity contribution >= 4 is 22.7 Å². The number of aryl methyl sites for hydroxylation is 2. The van der Waals surface area contributed by atoms with Gasteiger partial charge in [0, 0.05) is 6.54 Å². The largest absolute Gasteiger partial charge is 0.466 e. The zero-order valence-corrected chi connectivity index (χ0v) is 16.7. The average Bonchev–Trinajstić information content (AvgIpc) is 3.28. The van der Waals surface area contributed by atoms with Crippen molar-refractivity contribution in [2.24, 2.45) is 0 Å². The third-order valence-corrected chi connectivity index (χ3v) is 5.30. The number of nitrogens with zero attached hydrogens (tertiary/aromatic N) is 4. The van der Waals surface area contributed by atoms with Crippen molar-refractivity contribution in [3.63, 3.8) is 0 Å². The Labute approximate surface area is 165 Å². The number of hydrogen-bond acceptors (Lipinski definition) is 7. The van der Waals surface area contributed by atoms with Crippen molar-refractivity contribution in [1.82, 2.24) is 19.7 Å². The van der Waals surface area contributed by atoms with Crippen LogP contribution in [0.1, 0.15) is 30.8 Å². The molecule has 0 unspecified atom stereocenters. The zero-order valence-electron chi connectivity index (χ0n) is 15.9. The number of rotatable bonds is 6. The summed E-state index contributed by atoms with van der Waals surface area (Å²) in [6, 6.07) is 9.28. The van der Waals surface area contributed by atoms with Gasteiger partial charge in [-0.3, -0.25) is 9.36 Å². The standard InChI is InChI=1S/C20H20N4O3S/c1-4-9-24-19(25)14-7-5-6-8-16(14)21-20(24)28-11-17-22-23-18(27-17)15-10-12(2)26-13(15)3/h5-8,10H,4,9,11H2,1-3H3. The summed E-state index contributed by atoms with van der Waals surface area (Å²) in [6.07, 6.45) is 0.845. The van der Waals surface area contributed by atoms with Gasteiger partial charge in [0.15, 0.2) is 5.16 Å². The summed E-state index contributed by atoms with van der Waals surface area (Å²) in [5, 5.41) is 9.53. The number of hydrogen-bond donors (Lipinski definition) is 0. The molecule has 0 N–H and O–H groups in total. The molecule has 4 aromatic rings. The van der Waals surface area contributed by atoms with Crippen LogP contribution < -0.4 is 5.56 Å². The van der Waals surface area contributed by atoms with Gasteiger partial charge in [0.05, 0.1) is 22.2 Å². The van der Waals surface area contributed by atoms with Gasteiger partial charge in [0.1, 0.15) is 11.5 Å². The van der Waals surface area contributed by atoms with Crippen LogP contribution in [-0.4, -0.2) is 19.7 Å². The first-order valence-corrected chi connectivity index (χ1v) is 10.1. The summed E-state index contributed by atoms with van der Waals surface area (Å²) < 4.78 is 13.0. The maximum absolute atomic E-state index is 12.8. The van der Waals surface area contributed by atoms with E-state index in [1.807, 2.05) is 51.1 Å². The lowest BCUT2D eigenvalue weighted by molar-refractivity contribution is 0.499. The first-order chi connectivity index (χ1) is 13.6. The molecule has 7 nitrogen and oxygen atoms in total. The van der Waals surface area contributed by atoms with Crippen LogP contribution in [-0.2, 0) is 12.3 Å². The molecule has 144 valence electrons. The van der Waals surface area contributed by atoms with E-state index in [2.05, 4.69) is 15.2 Å². The molecule has 1 aromatic carbocycles. The van der Waals surface area contributed by atoms with E-state index >= 15 is 0 Å². The van der Waals surface area contributed by atoms with E-state index < -0.39 is 0 Å². The Morgan fingerprint density at radius 3 is 2.71 bits per heavy atom. The summed E-state index contributed by atoms with van der Waals surface area (Å²) in [5.41, 5.74) is 1.47. The summed E-state index contributed by atoms with van der Waals surface area (Å²) in [6.45, 7) is 6.39. The Hall–Kier alpha value is -2.87. The molecule has 0 amide bonds. The Morgan fingerprint density at radius 1 is 1.14 bits per heavy atom. The minimum Gasteiger partial charge on any atom is -0.466 e. The molecule has 28 heavy (non-hydrogen) atoms. The van der Waals surface area contributed by atoms with Crippen LogP contribution in [0.15, 0.2) is 49.1 Å². The highest BCUT2D eigenvalue weighted by atomic mass is 32.2. The van der Waals surface area contributed by atoms with Crippen LogP contribution in [0.25, 0.3) is 22.4 Å². The third-order valence-electron chi connectivity index (χ3n) is 4.34. The molecule has 0 radical (unpaired) electrons. The van der Waals surface area contributed by atoms with Crippen LogP contribution >= 0.6 is 11.8 Å². The number of aromatic nitrogens is 4. The second-order valence-electron chi connectivity index (χ2n) is 6.48. The quantitative estimate of drug-likeness (QED) is 0.353. The van der Waals surface area contributed by atoms with Crippen molar-refractivity contribution in [3.05, 3.63) is 58.1 Å². The topological polar surface area (TPSA) is 86.9 Å². The Bertz CT molecular complexity index is 1190. The normalized spacial score (nSPS) is 11.4. The zero-order chi connectivity index (χ0) is 19.7. The third kappa shape index (κ3) is 3.47. The molecule has 0 bridgehead atoms. The number of benzene rings is 1. The second kappa shape index (κ2) is 7.63. The molecule has 0 saturated carbocycles. The van der Waals surface area contributed by atoms with Gasteiger partial charge in [-0.25, -0.2) is 4.98 Å². The Kier molecular flexibility index (Phi) is 5.04. The van der Waals surface area contributed by atoms with Crippen LogP contribution in [0.2, 0.25) is 0 Å². The van der Waals surface area contributed by atoms with E-state index in [1.165, 1.54) is 11.8 Å². The van der Waals surface area contributed by atoms with Crippen molar-refractivity contribution < 1.29 is 8.83 Å². The van der Waals surface area contributed by atoms with Crippen molar-refractivity contribution in [3.8, 4) is 11.5 Å². The van der Waals surface area contributed by atoms with Gasteiger partial charge in [-0.05, 0) is 38.5 Å². The number of thioether (sulfide) groups is 1. The van der Waals surface area contributed by atoms with Crippen molar-refractivity contribution in [2.45, 2.75) is 44.6 Å². The second-order valence-corrected chi connectivity index (χ2v) is 7.43. The van der Waals surface area contributed by atoms with Gasteiger partial charge < -0.3 is 8.83 Å². The minimum absolute atomic E-state index is 0.0225. The average molecular weight is 396 g/mol. The van der Waals surface area contributed by atoms with Crippen LogP contribution in [0, 0.1) is 13.8 Å². The van der Waals surface area contributed by atoms with E-state index in [1.54, 1.807) is 4.57 Å². The predicted octanol–water partition coefficient (Wildman–Crippen LogP) is 4.36. The molecule has 0 aliphatic heterocycles. The van der Waals surface area contributed by atoms with E-state index in [0.29, 0.717) is 40.1 Å². The molecule has 8 heteroatoms. The molecule has 0 aliphatic carbocycles. The molecule has 0 saturated heterocycles. The fraction of sp³-hybridized carbons (Fsp3) is 0.300. The molecule has 3 heterocycles. The first-order valence-electron chi connectivity index (χ1n) is 9.09. The summed E-state index contributed by atoms with van der Waals surface area (Å²) >= 11 is 1.42. The summed E-state index contributed by atoms with van der Waals surface area (Å²) in [4.78, 5) is 17.5. The highest BCUT2D eigenvalue weighted by molar-refractivity contribution is 7.98. The van der Waals surface area contributed by atoms with Gasteiger partial charge in [-0.15, -0.1) is 10.2 Å². The minimum atomic E-state index is -0.0225. The molecular weight excluding hydrogens is 376 g/mol. The lowest BCUT2D eigenvalue weighted by Gasteiger charge is -2.11. The smallest absolute Gasteiger partial charge is 0.262 e. The van der Waals surface area contributed by atoms with E-state index in [4.69, 9.17) is 8.83 Å². The van der Waals surface area contributed by atoms with Crippen LogP contribution in [0.5, 0.6) is 0 Å². The summed E-state index contributed by atoms with van der Waals surface area (Å²) in [7, 11) is 0. The lowest BCUT2D eigenvalue weighted by atomic mass is 10.2. The van der Waals surface area contributed by atoms with Crippen LogP contribution in [0.4, 0.5) is 0 Å². The maximum atomic E-state index is 12.8. The van der Waals surface area contributed by atoms with Gasteiger partial charge in [0.2, 0.25) is 5.89 Å². The SMILES string of the molecule is CCCn1c(SCc2nnc(-c3cc(C)oc3C)o2)nc2ccccc2c1=O. The molecular formula is C20H20N4O3S. The Balaban J connectivity index is 1.61. The molecule has 0 spiro atoms. The lowest BCUT2D eigenvalue weighted by Crippen LogP contribution is -2.23. The van der Waals surface area contributed by atoms with Crippen molar-refractivity contribution in [1.29, 1.82) is 0 Å². The highest BCUT2D eigenvalue weighted by Crippen LogP contribution is 2.27. The van der Waals surface area contributed by atoms with Crippen molar-refractivity contribution in [2.75, 3.05) is 0 Å². The predicted molar refractivity (Wildman–Crippen MR) is 107 cm³/mol. The van der Waals surface area contributed by atoms with Gasteiger partial charge in [0.25, 0.3) is 11.4 Å².